The van der Waals surface area contributed by atoms with Gasteiger partial charge in [0.1, 0.15) is 12.2 Å². The highest BCUT2D eigenvalue weighted by atomic mass is 32.2. The van der Waals surface area contributed by atoms with E-state index >= 15 is 0 Å². The lowest BCUT2D eigenvalue weighted by atomic mass is 10.00. The zero-order chi connectivity index (χ0) is 28.9. The van der Waals surface area contributed by atoms with Crippen LogP contribution in [0.3, 0.4) is 0 Å². The van der Waals surface area contributed by atoms with Gasteiger partial charge in [-0.1, -0.05) is 32.9 Å². The number of hydrogen-bond acceptors (Lipinski definition) is 7. The second-order valence-electron chi connectivity index (χ2n) is 10.2. The van der Waals surface area contributed by atoms with E-state index in [9.17, 15) is 13.2 Å². The Morgan fingerprint density at radius 2 is 1.88 bits per heavy atom. The molecule has 0 aliphatic heterocycles. The molecule has 0 saturated heterocycles. The molecule has 11 heteroatoms. The topological polar surface area (TPSA) is 71.2 Å². The Hall–Kier alpha value is -3.18. The van der Waals surface area contributed by atoms with Gasteiger partial charge in [0.25, 0.3) is 5.89 Å². The summed E-state index contributed by atoms with van der Waals surface area (Å²) in [5.41, 5.74) is 2.36. The number of nitrogens with one attached hydrogen (secondary N) is 2. The highest BCUT2D eigenvalue weighted by Gasteiger charge is 2.31. The molecule has 2 heterocycles. The van der Waals surface area contributed by atoms with E-state index < -0.39 is 12.7 Å². The van der Waals surface area contributed by atoms with Crippen LogP contribution in [-0.2, 0) is 13.1 Å². The molecule has 40 heavy (non-hydrogen) atoms. The molecule has 216 valence electrons. The minimum absolute atomic E-state index is 0.0473. The van der Waals surface area contributed by atoms with Crippen molar-refractivity contribution in [2.75, 3.05) is 37.0 Å². The van der Waals surface area contributed by atoms with Crippen molar-refractivity contribution >= 4 is 34.0 Å². The maximum atomic E-state index is 13.7. The minimum atomic E-state index is -4.43. The molecule has 0 radical (unpaired) electrons. The fraction of sp³-hybridized carbons (Fsp3) is 0.448. The minimum Gasteiger partial charge on any atom is -0.417 e. The van der Waals surface area contributed by atoms with Gasteiger partial charge >= 0.3 is 6.18 Å². The summed E-state index contributed by atoms with van der Waals surface area (Å²) in [6.45, 7) is 7.37. The van der Waals surface area contributed by atoms with Crippen LogP contribution in [0.25, 0.3) is 22.5 Å². The zero-order valence-electron chi connectivity index (χ0n) is 23.5. The largest absolute Gasteiger partial charge is 0.417 e. The maximum Gasteiger partial charge on any atom is 0.406 e. The fourth-order valence-electron chi connectivity index (χ4n) is 4.57. The predicted molar refractivity (Wildman–Crippen MR) is 157 cm³/mol. The van der Waals surface area contributed by atoms with Gasteiger partial charge in [-0.2, -0.15) is 13.2 Å². The van der Waals surface area contributed by atoms with Gasteiger partial charge in [-0.25, -0.2) is 0 Å². The van der Waals surface area contributed by atoms with E-state index in [0.717, 1.165) is 35.8 Å². The van der Waals surface area contributed by atoms with E-state index in [4.69, 9.17) is 4.42 Å². The third-order valence-corrected chi connectivity index (χ3v) is 7.72. The molecule has 2 N–H and O–H groups in total. The highest BCUT2D eigenvalue weighted by Crippen LogP contribution is 2.35. The Bertz CT molecular complexity index is 1400. The number of aromatic nitrogens is 3. The van der Waals surface area contributed by atoms with Gasteiger partial charge in [0.2, 0.25) is 5.89 Å². The quantitative estimate of drug-likeness (QED) is 0.162. The van der Waals surface area contributed by atoms with Gasteiger partial charge in [0.15, 0.2) is 0 Å². The second kappa shape index (κ2) is 13.0. The molecule has 7 nitrogen and oxygen atoms in total. The summed E-state index contributed by atoms with van der Waals surface area (Å²) in [6.07, 6.45) is -1.52. The van der Waals surface area contributed by atoms with E-state index in [1.807, 2.05) is 36.6 Å². The summed E-state index contributed by atoms with van der Waals surface area (Å²) >= 11 is 1.63. The molecule has 0 saturated carbocycles. The van der Waals surface area contributed by atoms with Crippen molar-refractivity contribution in [1.82, 2.24) is 19.7 Å². The standard InChI is InChI=1S/C29H37F3N6OS/c1-6-37(4)14-13-23(19(2)3)34-24-11-8-12-25-22(24)16-26(38(25)18-29(30,31)32)28-36-35-27(39-28)17-33-20-9-7-10-21(15-20)40-5/h7-12,15-16,19,23,33-34H,6,13-14,17-18H2,1-5H3. The number of benzene rings is 2. The van der Waals surface area contributed by atoms with E-state index in [0.29, 0.717) is 16.8 Å². The van der Waals surface area contributed by atoms with E-state index in [1.165, 1.54) is 4.57 Å². The SMILES string of the molecule is CCN(C)CCC(Nc1cccc2c1cc(-c1nnc(CNc3cccc(SC)c3)o1)n2CC(F)(F)F)C(C)C. The van der Waals surface area contributed by atoms with Crippen molar-refractivity contribution in [2.24, 2.45) is 5.92 Å². The Balaban J connectivity index is 1.64. The van der Waals surface area contributed by atoms with Crippen molar-refractivity contribution in [1.29, 1.82) is 0 Å². The predicted octanol–water partition coefficient (Wildman–Crippen LogP) is 7.37. The van der Waals surface area contributed by atoms with Gasteiger partial charge in [-0.05, 0) is 75.1 Å². The van der Waals surface area contributed by atoms with Crippen LogP contribution in [0.15, 0.2) is 57.8 Å². The lowest BCUT2D eigenvalue weighted by Crippen LogP contribution is -2.31. The number of nitrogens with zero attached hydrogens (tertiary/aromatic N) is 4. The molecule has 4 rings (SSSR count). The molecule has 2 aromatic carbocycles. The highest BCUT2D eigenvalue weighted by molar-refractivity contribution is 7.98. The normalized spacial score (nSPS) is 12.9. The summed E-state index contributed by atoms with van der Waals surface area (Å²) in [4.78, 5) is 3.35. The molecule has 0 spiro atoms. The Morgan fingerprint density at radius 1 is 1.10 bits per heavy atom. The van der Waals surface area contributed by atoms with Crippen LogP contribution >= 0.6 is 11.8 Å². The first kappa shape index (κ1) is 29.8. The number of fused-ring (bicyclic) bond motifs is 1. The molecule has 1 unspecified atom stereocenters. The first-order chi connectivity index (χ1) is 19.1. The third-order valence-electron chi connectivity index (χ3n) is 6.99. The monoisotopic (exact) mass is 574 g/mol. The molecule has 0 bridgehead atoms. The van der Waals surface area contributed by atoms with Crippen molar-refractivity contribution in [3.63, 3.8) is 0 Å². The number of hydrogen-bond donors (Lipinski definition) is 2. The van der Waals surface area contributed by atoms with Crippen molar-refractivity contribution in [2.45, 2.75) is 57.4 Å². The molecule has 4 aromatic rings. The lowest BCUT2D eigenvalue weighted by Gasteiger charge is -2.26. The van der Waals surface area contributed by atoms with E-state index in [-0.39, 0.29) is 30.1 Å². The second-order valence-corrected chi connectivity index (χ2v) is 11.1. The molecular weight excluding hydrogens is 537 g/mol. The molecule has 0 amide bonds. The molecule has 2 aromatic heterocycles. The van der Waals surface area contributed by atoms with Crippen LogP contribution in [0.5, 0.6) is 0 Å². The smallest absolute Gasteiger partial charge is 0.406 e. The van der Waals surface area contributed by atoms with Crippen molar-refractivity contribution < 1.29 is 17.6 Å². The summed E-state index contributed by atoms with van der Waals surface area (Å²) in [5, 5.41) is 15.7. The average Bonchev–Trinajstić information content (AvgIpc) is 3.54. The van der Waals surface area contributed by atoms with Crippen LogP contribution in [0.2, 0.25) is 0 Å². The summed E-state index contributed by atoms with van der Waals surface area (Å²) in [7, 11) is 2.08. The molecule has 0 aliphatic carbocycles. The Kier molecular flexibility index (Phi) is 9.68. The van der Waals surface area contributed by atoms with E-state index in [1.54, 1.807) is 30.0 Å². The van der Waals surface area contributed by atoms with Gasteiger partial charge in [0.05, 0.1) is 12.1 Å². The Labute approximate surface area is 237 Å². The zero-order valence-corrected chi connectivity index (χ0v) is 24.4. The molecule has 0 fully saturated rings. The van der Waals surface area contributed by atoms with Crippen LogP contribution < -0.4 is 10.6 Å². The number of anilines is 2. The van der Waals surface area contributed by atoms with Crippen LogP contribution in [0.1, 0.15) is 33.1 Å². The number of rotatable bonds is 13. The third kappa shape index (κ3) is 7.51. The first-order valence-corrected chi connectivity index (χ1v) is 14.6. The number of alkyl halides is 3. The molecule has 1 atom stereocenters. The van der Waals surface area contributed by atoms with Crippen molar-refractivity contribution in [3.8, 4) is 11.6 Å². The number of halogens is 3. The summed E-state index contributed by atoms with van der Waals surface area (Å²) < 4.78 is 48.2. The number of thioether (sulfide) groups is 1. The van der Waals surface area contributed by atoms with Crippen molar-refractivity contribution in [3.05, 3.63) is 54.4 Å². The fourth-order valence-corrected chi connectivity index (χ4v) is 5.03. The van der Waals surface area contributed by atoms with Crippen LogP contribution in [0, 0.1) is 5.92 Å². The molecular formula is C29H37F3N6OS. The van der Waals surface area contributed by atoms with E-state index in [2.05, 4.69) is 53.5 Å². The Morgan fingerprint density at radius 3 is 2.58 bits per heavy atom. The average molecular weight is 575 g/mol. The van der Waals surface area contributed by atoms with Gasteiger partial charge in [-0.3, -0.25) is 0 Å². The van der Waals surface area contributed by atoms with Crippen LogP contribution in [-0.4, -0.2) is 58.3 Å². The maximum absolute atomic E-state index is 13.7. The molecule has 0 aliphatic rings. The van der Waals surface area contributed by atoms with Gasteiger partial charge < -0.3 is 24.5 Å². The summed E-state index contributed by atoms with van der Waals surface area (Å²) in [6, 6.07) is 15.1. The van der Waals surface area contributed by atoms with Crippen LogP contribution in [0.4, 0.5) is 24.5 Å². The lowest BCUT2D eigenvalue weighted by molar-refractivity contribution is -0.139. The van der Waals surface area contributed by atoms with Gasteiger partial charge in [0, 0.05) is 27.7 Å². The summed E-state index contributed by atoms with van der Waals surface area (Å²) in [5.74, 6) is 0.664. The first-order valence-electron chi connectivity index (χ1n) is 13.4. The van der Waals surface area contributed by atoms with Gasteiger partial charge in [-0.15, -0.1) is 22.0 Å².